The second-order valence-electron chi connectivity index (χ2n) is 8.66. The zero-order valence-electron chi connectivity index (χ0n) is 20.9. The first kappa shape index (κ1) is 24.6. The predicted molar refractivity (Wildman–Crippen MR) is 148 cm³/mol. The Morgan fingerprint density at radius 1 is 0.974 bits per heavy atom. The predicted octanol–water partition coefficient (Wildman–Crippen LogP) is 4.60. The number of sulfonamides is 1. The Morgan fingerprint density at radius 3 is 2.72 bits per heavy atom. The number of aromatic nitrogens is 4. The highest BCUT2D eigenvalue weighted by Crippen LogP contribution is 2.33. The third kappa shape index (κ3) is 4.80. The maximum atomic E-state index is 13.0. The highest BCUT2D eigenvalue weighted by Gasteiger charge is 2.20. The van der Waals surface area contributed by atoms with E-state index in [2.05, 4.69) is 25.0 Å². The van der Waals surface area contributed by atoms with Gasteiger partial charge >= 0.3 is 5.84 Å². The van der Waals surface area contributed by atoms with Crippen LogP contribution in [0.2, 0.25) is 0 Å². The minimum atomic E-state index is -3.71. The van der Waals surface area contributed by atoms with E-state index in [1.807, 2.05) is 52.9 Å². The minimum Gasteiger partial charge on any atom is -0.497 e. The number of imidazole rings is 1. The van der Waals surface area contributed by atoms with Crippen molar-refractivity contribution >= 4 is 32.6 Å². The average molecular weight is 541 g/mol. The molecule has 0 atom stereocenters. The third-order valence-corrected chi connectivity index (χ3v) is 7.76. The largest absolute Gasteiger partial charge is 0.497 e. The maximum Gasteiger partial charge on any atom is 0.306 e. The van der Waals surface area contributed by atoms with E-state index in [4.69, 9.17) is 9.15 Å². The van der Waals surface area contributed by atoms with Gasteiger partial charge in [-0.15, -0.1) is 0 Å². The van der Waals surface area contributed by atoms with Gasteiger partial charge in [0, 0.05) is 36.4 Å². The summed E-state index contributed by atoms with van der Waals surface area (Å²) in [6, 6.07) is 22.0. The number of nitrogens with one attached hydrogen (secondary N) is 2. The second-order valence-corrected chi connectivity index (χ2v) is 10.4. The Kier molecular flexibility index (Phi) is 6.43. The van der Waals surface area contributed by atoms with Crippen LogP contribution >= 0.6 is 0 Å². The molecule has 11 heteroatoms. The Hall–Kier alpha value is -4.74. The topological polar surface area (TPSA) is 124 Å². The van der Waals surface area contributed by atoms with Crippen LogP contribution in [0.25, 0.3) is 39.3 Å². The summed E-state index contributed by atoms with van der Waals surface area (Å²) < 4.78 is 41.4. The number of anilines is 1. The molecule has 10 nitrogen and oxygen atoms in total. The van der Waals surface area contributed by atoms with Crippen LogP contribution in [0.15, 0.2) is 101 Å². The van der Waals surface area contributed by atoms with Crippen molar-refractivity contribution in [2.75, 3.05) is 25.5 Å². The van der Waals surface area contributed by atoms with Gasteiger partial charge in [-0.3, -0.25) is 4.40 Å². The number of benzene rings is 3. The molecular weight excluding hydrogens is 516 g/mol. The lowest BCUT2D eigenvalue weighted by Gasteiger charge is -2.11. The van der Waals surface area contributed by atoms with Crippen molar-refractivity contribution in [1.29, 1.82) is 0 Å². The first-order valence-electron chi connectivity index (χ1n) is 12.2. The number of oxazole rings is 1. The molecule has 6 rings (SSSR count). The summed E-state index contributed by atoms with van der Waals surface area (Å²) in [4.78, 5) is 13.9. The van der Waals surface area contributed by atoms with E-state index in [1.54, 1.807) is 50.0 Å². The summed E-state index contributed by atoms with van der Waals surface area (Å²) in [5.41, 5.74) is 2.88. The number of fused-ring (bicyclic) bond motifs is 2. The van der Waals surface area contributed by atoms with E-state index in [1.165, 1.54) is 0 Å². The molecule has 2 N–H and O–H groups in total. The van der Waals surface area contributed by atoms with E-state index in [0.29, 0.717) is 34.3 Å². The quantitative estimate of drug-likeness (QED) is 0.255. The van der Waals surface area contributed by atoms with Crippen molar-refractivity contribution < 1.29 is 17.6 Å². The number of hydrogen-bond donors (Lipinski definition) is 2. The van der Waals surface area contributed by atoms with E-state index in [9.17, 15) is 8.42 Å². The average Bonchev–Trinajstić information content (AvgIpc) is 3.57. The van der Waals surface area contributed by atoms with Gasteiger partial charge in [-0.1, -0.05) is 48.5 Å². The van der Waals surface area contributed by atoms with Gasteiger partial charge in [-0.05, 0) is 29.7 Å². The van der Waals surface area contributed by atoms with E-state index in [0.717, 1.165) is 16.6 Å². The molecule has 6 aromatic rings. The normalized spacial score (nSPS) is 11.7. The van der Waals surface area contributed by atoms with Crippen LogP contribution in [0.5, 0.6) is 5.75 Å². The van der Waals surface area contributed by atoms with E-state index >= 15 is 0 Å². The Morgan fingerprint density at radius 2 is 1.82 bits per heavy atom. The zero-order valence-corrected chi connectivity index (χ0v) is 21.7. The minimum absolute atomic E-state index is 0.146. The molecule has 0 saturated heterocycles. The van der Waals surface area contributed by atoms with Gasteiger partial charge in [-0.25, -0.2) is 23.1 Å². The van der Waals surface area contributed by atoms with Gasteiger partial charge in [0.1, 0.15) is 23.4 Å². The van der Waals surface area contributed by atoms with Crippen molar-refractivity contribution in [2.45, 2.75) is 4.90 Å². The molecule has 0 saturated carbocycles. The monoisotopic (exact) mass is 540 g/mol. The molecule has 0 fully saturated rings. The molecule has 0 radical (unpaired) electrons. The molecule has 0 aliphatic carbocycles. The van der Waals surface area contributed by atoms with E-state index in [-0.39, 0.29) is 18.0 Å². The highest BCUT2D eigenvalue weighted by atomic mass is 32.2. The number of hydrogen-bond acceptors (Lipinski definition) is 8. The van der Waals surface area contributed by atoms with Crippen LogP contribution in [-0.2, 0) is 10.0 Å². The molecule has 0 amide bonds. The fraction of sp³-hybridized carbons (Fsp3) is 0.107. The third-order valence-electron chi connectivity index (χ3n) is 6.24. The lowest BCUT2D eigenvalue weighted by molar-refractivity contribution is 0.415. The van der Waals surface area contributed by atoms with Gasteiger partial charge < -0.3 is 14.5 Å². The van der Waals surface area contributed by atoms with Crippen LogP contribution in [-0.4, -0.2) is 48.0 Å². The van der Waals surface area contributed by atoms with Crippen molar-refractivity contribution in [1.82, 2.24) is 24.1 Å². The van der Waals surface area contributed by atoms with Crippen LogP contribution in [0.1, 0.15) is 0 Å². The lowest BCUT2D eigenvalue weighted by atomic mass is 10.1. The zero-order chi connectivity index (χ0) is 26.8. The van der Waals surface area contributed by atoms with Crippen molar-refractivity contribution in [2.24, 2.45) is 0 Å². The molecule has 0 bridgehead atoms. The maximum absolute atomic E-state index is 13.0. The number of methoxy groups -OCH3 is 1. The molecule has 196 valence electrons. The van der Waals surface area contributed by atoms with Gasteiger partial charge in [0.25, 0.3) is 0 Å². The number of nitrogens with zero attached hydrogens (tertiary/aromatic N) is 4. The Labute approximate surface area is 224 Å². The van der Waals surface area contributed by atoms with Crippen LogP contribution in [0.4, 0.5) is 5.95 Å². The molecule has 3 aromatic heterocycles. The van der Waals surface area contributed by atoms with Crippen molar-refractivity contribution in [3.05, 3.63) is 91.5 Å². The summed E-state index contributed by atoms with van der Waals surface area (Å²) in [5.74, 6) is 1.49. The summed E-state index contributed by atoms with van der Waals surface area (Å²) >= 11 is 0. The molecular formula is C28H24N6O4S. The number of rotatable bonds is 9. The standard InChI is InChI=1S/C28H24N6O4S/c1-37-21-9-4-8-20(18-21)25-26(34-16-17-38-28(34)33-25)23-12-13-29-27(32-23)30-14-15-31-39(35,36)24-11-5-7-19-6-2-3-10-22(19)24/h2-13,16-18,31H,14-15H2,1H3,(H,29,30,32). The highest BCUT2D eigenvalue weighted by molar-refractivity contribution is 7.89. The summed E-state index contributed by atoms with van der Waals surface area (Å²) in [5, 5.41) is 4.65. The summed E-state index contributed by atoms with van der Waals surface area (Å²) in [6.45, 7) is 0.427. The van der Waals surface area contributed by atoms with Crippen LogP contribution < -0.4 is 14.8 Å². The molecule has 0 unspecified atom stereocenters. The van der Waals surface area contributed by atoms with Gasteiger partial charge in [0.2, 0.25) is 16.0 Å². The van der Waals surface area contributed by atoms with Crippen LogP contribution in [0, 0.1) is 0 Å². The summed E-state index contributed by atoms with van der Waals surface area (Å²) in [7, 11) is -2.09. The fourth-order valence-corrected chi connectivity index (χ4v) is 5.70. The molecule has 0 aliphatic rings. The fourth-order valence-electron chi connectivity index (χ4n) is 4.45. The van der Waals surface area contributed by atoms with Gasteiger partial charge in [0.05, 0.1) is 17.7 Å². The lowest BCUT2D eigenvalue weighted by Crippen LogP contribution is -2.29. The first-order chi connectivity index (χ1) is 19.0. The Bertz CT molecular complexity index is 1890. The smallest absolute Gasteiger partial charge is 0.306 e. The van der Waals surface area contributed by atoms with Crippen molar-refractivity contribution in [3.8, 4) is 28.4 Å². The second kappa shape index (κ2) is 10.2. The molecule has 3 heterocycles. The SMILES string of the molecule is COc1cccc(-c2nc3occn3c2-c2ccnc(NCCNS(=O)(=O)c3cccc4ccccc34)n2)c1. The van der Waals surface area contributed by atoms with E-state index < -0.39 is 10.0 Å². The molecule has 39 heavy (non-hydrogen) atoms. The molecule has 3 aromatic carbocycles. The summed E-state index contributed by atoms with van der Waals surface area (Å²) in [6.07, 6.45) is 4.97. The van der Waals surface area contributed by atoms with Crippen molar-refractivity contribution in [3.63, 3.8) is 0 Å². The van der Waals surface area contributed by atoms with Gasteiger partial charge in [-0.2, -0.15) is 4.98 Å². The van der Waals surface area contributed by atoms with Gasteiger partial charge in [0.15, 0.2) is 0 Å². The number of ether oxygens (including phenoxy) is 1. The van der Waals surface area contributed by atoms with Crippen LogP contribution in [0.3, 0.4) is 0 Å². The Balaban J connectivity index is 1.21. The first-order valence-corrected chi connectivity index (χ1v) is 13.7. The molecule has 0 aliphatic heterocycles. The molecule has 0 spiro atoms.